The highest BCUT2D eigenvalue weighted by atomic mass is 16.2. The van der Waals surface area contributed by atoms with Crippen LogP contribution in [0.25, 0.3) is 0 Å². The molecule has 4 heteroatoms. The van der Waals surface area contributed by atoms with Gasteiger partial charge in [-0.25, -0.2) is 4.79 Å². The van der Waals surface area contributed by atoms with Gasteiger partial charge < -0.3 is 10.6 Å². The van der Waals surface area contributed by atoms with E-state index in [1.54, 1.807) is 4.90 Å². The number of nitrogens with zero attached hydrogens (tertiary/aromatic N) is 1. The normalized spacial score (nSPS) is 16.3. The standard InChI is InChI=1S/C15H23N3O/c1-3-5-12(2)11-17-13-6-4-7-14(10-13)18-9-8-16-15(18)19/h4,6-7,10,12,17H,3,5,8-9,11H2,1-2H3,(H,16,19). The Bertz CT molecular complexity index is 433. The number of anilines is 2. The van der Waals surface area contributed by atoms with Gasteiger partial charge in [0.15, 0.2) is 0 Å². The van der Waals surface area contributed by atoms with Crippen LogP contribution in [0.3, 0.4) is 0 Å². The molecule has 0 aromatic heterocycles. The Hall–Kier alpha value is -1.71. The molecule has 1 heterocycles. The number of benzene rings is 1. The maximum Gasteiger partial charge on any atom is 0.321 e. The quantitative estimate of drug-likeness (QED) is 0.826. The van der Waals surface area contributed by atoms with E-state index in [4.69, 9.17) is 0 Å². The van der Waals surface area contributed by atoms with E-state index in [9.17, 15) is 4.79 Å². The van der Waals surface area contributed by atoms with Crippen molar-refractivity contribution in [3.05, 3.63) is 24.3 Å². The molecule has 1 aliphatic rings. The lowest BCUT2D eigenvalue weighted by atomic mass is 10.1. The van der Waals surface area contributed by atoms with Gasteiger partial charge in [-0.2, -0.15) is 0 Å². The van der Waals surface area contributed by atoms with E-state index in [-0.39, 0.29) is 6.03 Å². The molecule has 0 bridgehead atoms. The molecule has 1 atom stereocenters. The molecule has 19 heavy (non-hydrogen) atoms. The van der Waals surface area contributed by atoms with Crippen molar-refractivity contribution in [3.8, 4) is 0 Å². The zero-order chi connectivity index (χ0) is 13.7. The van der Waals surface area contributed by atoms with Gasteiger partial charge in [0.2, 0.25) is 0 Å². The SMILES string of the molecule is CCCC(C)CNc1cccc(N2CCNC2=O)c1. The number of urea groups is 1. The summed E-state index contributed by atoms with van der Waals surface area (Å²) in [5, 5.41) is 6.27. The van der Waals surface area contributed by atoms with Crippen molar-refractivity contribution in [2.75, 3.05) is 29.9 Å². The van der Waals surface area contributed by atoms with Gasteiger partial charge in [-0.15, -0.1) is 0 Å². The summed E-state index contributed by atoms with van der Waals surface area (Å²) in [6.45, 7) is 6.92. The summed E-state index contributed by atoms with van der Waals surface area (Å²) in [4.78, 5) is 13.4. The molecule has 1 saturated heterocycles. The minimum Gasteiger partial charge on any atom is -0.385 e. The second kappa shape index (κ2) is 6.45. The number of carbonyl (C=O) groups is 1. The smallest absolute Gasteiger partial charge is 0.321 e. The molecule has 2 rings (SSSR count). The largest absolute Gasteiger partial charge is 0.385 e. The van der Waals surface area contributed by atoms with Crippen LogP contribution in [0.15, 0.2) is 24.3 Å². The van der Waals surface area contributed by atoms with Crippen LogP contribution in [0.1, 0.15) is 26.7 Å². The van der Waals surface area contributed by atoms with Gasteiger partial charge in [-0.1, -0.05) is 26.3 Å². The van der Waals surface area contributed by atoms with Gasteiger partial charge in [0, 0.05) is 31.0 Å². The molecule has 0 aliphatic carbocycles. The lowest BCUT2D eigenvalue weighted by Crippen LogP contribution is -2.27. The molecular weight excluding hydrogens is 238 g/mol. The van der Waals surface area contributed by atoms with Gasteiger partial charge in [-0.3, -0.25) is 4.90 Å². The van der Waals surface area contributed by atoms with Gasteiger partial charge >= 0.3 is 6.03 Å². The van der Waals surface area contributed by atoms with Crippen LogP contribution in [-0.2, 0) is 0 Å². The van der Waals surface area contributed by atoms with E-state index in [0.717, 1.165) is 31.0 Å². The average Bonchev–Trinajstić information content (AvgIpc) is 2.83. The summed E-state index contributed by atoms with van der Waals surface area (Å²) in [5.41, 5.74) is 2.04. The van der Waals surface area contributed by atoms with E-state index in [1.807, 2.05) is 18.2 Å². The van der Waals surface area contributed by atoms with E-state index in [0.29, 0.717) is 5.92 Å². The summed E-state index contributed by atoms with van der Waals surface area (Å²) in [7, 11) is 0. The fourth-order valence-electron chi connectivity index (χ4n) is 2.39. The topological polar surface area (TPSA) is 44.4 Å². The summed E-state index contributed by atoms with van der Waals surface area (Å²) in [5.74, 6) is 0.670. The van der Waals surface area contributed by atoms with E-state index in [1.165, 1.54) is 12.8 Å². The summed E-state index contributed by atoms with van der Waals surface area (Å²) in [6, 6.07) is 8.07. The fourth-order valence-corrected chi connectivity index (χ4v) is 2.39. The van der Waals surface area contributed by atoms with E-state index < -0.39 is 0 Å². The Labute approximate surface area is 115 Å². The fraction of sp³-hybridized carbons (Fsp3) is 0.533. The number of rotatable bonds is 6. The first-order valence-corrected chi connectivity index (χ1v) is 7.10. The predicted molar refractivity (Wildman–Crippen MR) is 79.7 cm³/mol. The van der Waals surface area contributed by atoms with Crippen LogP contribution < -0.4 is 15.5 Å². The van der Waals surface area contributed by atoms with Gasteiger partial charge in [0.1, 0.15) is 0 Å². The van der Waals surface area contributed by atoms with Crippen LogP contribution in [0.4, 0.5) is 16.2 Å². The molecular formula is C15H23N3O. The molecule has 0 saturated carbocycles. The Balaban J connectivity index is 1.97. The van der Waals surface area contributed by atoms with Crippen molar-refractivity contribution in [3.63, 3.8) is 0 Å². The first-order chi connectivity index (χ1) is 9.20. The molecule has 0 spiro atoms. The first kappa shape index (κ1) is 13.7. The second-order valence-electron chi connectivity index (χ2n) is 5.21. The van der Waals surface area contributed by atoms with Crippen LogP contribution in [0, 0.1) is 5.92 Å². The molecule has 4 nitrogen and oxygen atoms in total. The van der Waals surface area contributed by atoms with Crippen molar-refractivity contribution in [1.82, 2.24) is 5.32 Å². The minimum absolute atomic E-state index is 0.00324. The molecule has 1 aromatic carbocycles. The van der Waals surface area contributed by atoms with Gasteiger partial charge in [0.25, 0.3) is 0 Å². The zero-order valence-corrected chi connectivity index (χ0v) is 11.8. The highest BCUT2D eigenvalue weighted by Gasteiger charge is 2.20. The first-order valence-electron chi connectivity index (χ1n) is 7.10. The monoisotopic (exact) mass is 261 g/mol. The number of nitrogens with one attached hydrogen (secondary N) is 2. The van der Waals surface area contributed by atoms with Crippen molar-refractivity contribution in [2.24, 2.45) is 5.92 Å². The van der Waals surface area contributed by atoms with Crippen LogP contribution >= 0.6 is 0 Å². The Morgan fingerprint density at radius 1 is 1.47 bits per heavy atom. The van der Waals surface area contributed by atoms with Crippen molar-refractivity contribution < 1.29 is 4.79 Å². The van der Waals surface area contributed by atoms with Crippen LogP contribution in [0.2, 0.25) is 0 Å². The Morgan fingerprint density at radius 2 is 2.32 bits per heavy atom. The molecule has 1 aromatic rings. The molecule has 2 N–H and O–H groups in total. The van der Waals surface area contributed by atoms with Crippen LogP contribution in [0.5, 0.6) is 0 Å². The molecule has 1 unspecified atom stereocenters. The number of hydrogen-bond donors (Lipinski definition) is 2. The lowest BCUT2D eigenvalue weighted by Gasteiger charge is -2.17. The molecule has 0 radical (unpaired) electrons. The highest BCUT2D eigenvalue weighted by Crippen LogP contribution is 2.21. The summed E-state index contributed by atoms with van der Waals surface area (Å²) >= 11 is 0. The van der Waals surface area contributed by atoms with Crippen molar-refractivity contribution >= 4 is 17.4 Å². The van der Waals surface area contributed by atoms with E-state index >= 15 is 0 Å². The van der Waals surface area contributed by atoms with Crippen molar-refractivity contribution in [1.29, 1.82) is 0 Å². The predicted octanol–water partition coefficient (Wildman–Crippen LogP) is 3.06. The third-order valence-electron chi connectivity index (χ3n) is 3.45. The third-order valence-corrected chi connectivity index (χ3v) is 3.45. The highest BCUT2D eigenvalue weighted by molar-refractivity contribution is 5.94. The average molecular weight is 261 g/mol. The Morgan fingerprint density at radius 3 is 3.00 bits per heavy atom. The molecule has 1 fully saturated rings. The Kier molecular flexibility index (Phi) is 4.66. The maximum atomic E-state index is 11.6. The maximum absolute atomic E-state index is 11.6. The minimum atomic E-state index is -0.00324. The molecule has 104 valence electrons. The lowest BCUT2D eigenvalue weighted by molar-refractivity contribution is 0.252. The summed E-state index contributed by atoms with van der Waals surface area (Å²) < 4.78 is 0. The second-order valence-corrected chi connectivity index (χ2v) is 5.21. The third kappa shape index (κ3) is 3.63. The van der Waals surface area contributed by atoms with Crippen LogP contribution in [-0.4, -0.2) is 25.7 Å². The van der Waals surface area contributed by atoms with Gasteiger partial charge in [-0.05, 0) is 30.5 Å². The number of amides is 2. The summed E-state index contributed by atoms with van der Waals surface area (Å²) in [6.07, 6.45) is 2.46. The van der Waals surface area contributed by atoms with Gasteiger partial charge in [0.05, 0.1) is 0 Å². The number of hydrogen-bond acceptors (Lipinski definition) is 2. The van der Waals surface area contributed by atoms with Crippen molar-refractivity contribution in [2.45, 2.75) is 26.7 Å². The van der Waals surface area contributed by atoms with E-state index in [2.05, 4.69) is 30.5 Å². The zero-order valence-electron chi connectivity index (χ0n) is 11.8. The molecule has 1 aliphatic heterocycles. The molecule has 2 amide bonds. The number of carbonyl (C=O) groups excluding carboxylic acids is 1.